The monoisotopic (exact) mass is 250 g/mol. The standard InChI is InChI=1S/C10H14N6O2/c1-3-11-4-2-7(1)17-6-9-13-10(15-18-9)8-5-12-16-14-8/h5,7,11H,1-4,6H2,(H,12,14,16). The minimum absolute atomic E-state index is 0.272. The average Bonchev–Trinajstić information content (AvgIpc) is 3.08. The van der Waals surface area contributed by atoms with Crippen molar-refractivity contribution in [3.63, 3.8) is 0 Å². The molecule has 1 saturated heterocycles. The largest absolute Gasteiger partial charge is 0.368 e. The second-order valence-electron chi connectivity index (χ2n) is 4.13. The molecule has 0 aliphatic carbocycles. The summed E-state index contributed by atoms with van der Waals surface area (Å²) in [6, 6.07) is 0. The molecule has 0 spiro atoms. The molecule has 1 aliphatic rings. The third kappa shape index (κ3) is 2.54. The van der Waals surface area contributed by atoms with E-state index >= 15 is 0 Å². The van der Waals surface area contributed by atoms with Crippen molar-refractivity contribution in [3.05, 3.63) is 12.1 Å². The Bertz CT molecular complexity index is 476. The lowest BCUT2D eigenvalue weighted by molar-refractivity contribution is 0.00859. The molecule has 3 rings (SSSR count). The van der Waals surface area contributed by atoms with Crippen LogP contribution in [0.3, 0.4) is 0 Å². The molecule has 0 unspecified atom stereocenters. The van der Waals surface area contributed by atoms with Crippen molar-refractivity contribution in [1.82, 2.24) is 30.9 Å². The number of nitrogens with zero attached hydrogens (tertiary/aromatic N) is 4. The van der Waals surface area contributed by atoms with Gasteiger partial charge in [-0.05, 0) is 25.9 Å². The summed E-state index contributed by atoms with van der Waals surface area (Å²) in [5, 5.41) is 17.2. The minimum atomic E-state index is 0.272. The molecule has 8 nitrogen and oxygen atoms in total. The van der Waals surface area contributed by atoms with Gasteiger partial charge in [0.25, 0.3) is 5.89 Å². The molecule has 3 heterocycles. The zero-order valence-corrected chi connectivity index (χ0v) is 9.80. The summed E-state index contributed by atoms with van der Waals surface area (Å²) in [5.41, 5.74) is 0.562. The number of rotatable bonds is 4. The summed E-state index contributed by atoms with van der Waals surface area (Å²) < 4.78 is 10.8. The van der Waals surface area contributed by atoms with Gasteiger partial charge in [0, 0.05) is 0 Å². The van der Waals surface area contributed by atoms with E-state index in [1.165, 1.54) is 0 Å². The van der Waals surface area contributed by atoms with Crippen molar-refractivity contribution in [3.8, 4) is 11.5 Å². The second kappa shape index (κ2) is 5.23. The van der Waals surface area contributed by atoms with Crippen LogP contribution in [0.4, 0.5) is 0 Å². The van der Waals surface area contributed by atoms with Gasteiger partial charge < -0.3 is 14.6 Å². The van der Waals surface area contributed by atoms with Crippen LogP contribution in [-0.2, 0) is 11.3 Å². The Kier molecular flexibility index (Phi) is 3.29. The number of hydrogen-bond acceptors (Lipinski definition) is 7. The first-order chi connectivity index (χ1) is 8.92. The lowest BCUT2D eigenvalue weighted by atomic mass is 10.1. The SMILES string of the molecule is c1n[nH]nc1-c1noc(COC2CCNCC2)n1. The highest BCUT2D eigenvalue weighted by atomic mass is 16.5. The normalized spacial score (nSPS) is 17.1. The van der Waals surface area contributed by atoms with E-state index in [1.807, 2.05) is 0 Å². The molecule has 0 aromatic carbocycles. The molecule has 2 aromatic rings. The van der Waals surface area contributed by atoms with Crippen LogP contribution in [0.2, 0.25) is 0 Å². The highest BCUT2D eigenvalue weighted by molar-refractivity contribution is 5.44. The summed E-state index contributed by atoms with van der Waals surface area (Å²) >= 11 is 0. The Hall–Kier alpha value is -1.80. The first-order valence-electron chi connectivity index (χ1n) is 5.93. The smallest absolute Gasteiger partial charge is 0.253 e. The van der Waals surface area contributed by atoms with E-state index < -0.39 is 0 Å². The van der Waals surface area contributed by atoms with Crippen LogP contribution in [-0.4, -0.2) is 44.7 Å². The van der Waals surface area contributed by atoms with E-state index in [1.54, 1.807) is 6.20 Å². The van der Waals surface area contributed by atoms with Gasteiger partial charge in [-0.15, -0.1) is 0 Å². The van der Waals surface area contributed by atoms with Gasteiger partial charge in [-0.25, -0.2) is 0 Å². The lowest BCUT2D eigenvalue weighted by Crippen LogP contribution is -2.32. The summed E-state index contributed by atoms with van der Waals surface area (Å²) in [6.07, 6.45) is 3.85. The fraction of sp³-hybridized carbons (Fsp3) is 0.600. The molecule has 18 heavy (non-hydrogen) atoms. The number of piperidine rings is 1. The summed E-state index contributed by atoms with van der Waals surface area (Å²) in [5.74, 6) is 0.888. The highest BCUT2D eigenvalue weighted by Gasteiger charge is 2.16. The van der Waals surface area contributed by atoms with E-state index in [2.05, 4.69) is 30.9 Å². The van der Waals surface area contributed by atoms with Crippen LogP contribution in [0.5, 0.6) is 0 Å². The Morgan fingerprint density at radius 1 is 1.39 bits per heavy atom. The van der Waals surface area contributed by atoms with Gasteiger partial charge in [0.2, 0.25) is 5.82 Å². The predicted octanol–water partition coefficient (Wildman–Crippen LogP) is 0.123. The molecule has 8 heteroatoms. The molecule has 96 valence electrons. The van der Waals surface area contributed by atoms with Crippen molar-refractivity contribution in [2.45, 2.75) is 25.6 Å². The van der Waals surface area contributed by atoms with Crippen molar-refractivity contribution in [2.75, 3.05) is 13.1 Å². The van der Waals surface area contributed by atoms with E-state index in [9.17, 15) is 0 Å². The maximum atomic E-state index is 5.72. The van der Waals surface area contributed by atoms with Crippen LogP contribution in [0.15, 0.2) is 10.7 Å². The molecule has 0 amide bonds. The molecule has 2 aromatic heterocycles. The molecule has 2 N–H and O–H groups in total. The third-order valence-corrected chi connectivity index (χ3v) is 2.84. The maximum Gasteiger partial charge on any atom is 0.253 e. The number of aromatic amines is 1. The fourth-order valence-corrected chi connectivity index (χ4v) is 1.88. The molecule has 1 aliphatic heterocycles. The number of aromatic nitrogens is 5. The first-order valence-corrected chi connectivity index (χ1v) is 5.93. The van der Waals surface area contributed by atoms with Gasteiger partial charge in [0.1, 0.15) is 6.61 Å². The van der Waals surface area contributed by atoms with Crippen LogP contribution < -0.4 is 5.32 Å². The molecule has 0 atom stereocenters. The Morgan fingerprint density at radius 2 is 2.28 bits per heavy atom. The minimum Gasteiger partial charge on any atom is -0.368 e. The van der Waals surface area contributed by atoms with E-state index in [-0.39, 0.29) is 6.10 Å². The summed E-state index contributed by atoms with van der Waals surface area (Å²) in [4.78, 5) is 4.20. The van der Waals surface area contributed by atoms with Crippen molar-refractivity contribution in [1.29, 1.82) is 0 Å². The molecule has 0 bridgehead atoms. The van der Waals surface area contributed by atoms with E-state index in [0.717, 1.165) is 25.9 Å². The number of ether oxygens (including phenoxy) is 1. The van der Waals surface area contributed by atoms with Crippen LogP contribution in [0.1, 0.15) is 18.7 Å². The van der Waals surface area contributed by atoms with Crippen molar-refractivity contribution in [2.24, 2.45) is 0 Å². The van der Waals surface area contributed by atoms with Crippen molar-refractivity contribution >= 4 is 0 Å². The highest BCUT2D eigenvalue weighted by Crippen LogP contribution is 2.13. The van der Waals surface area contributed by atoms with Gasteiger partial charge >= 0.3 is 0 Å². The van der Waals surface area contributed by atoms with Gasteiger partial charge in [0.05, 0.1) is 12.3 Å². The van der Waals surface area contributed by atoms with Crippen LogP contribution >= 0.6 is 0 Å². The lowest BCUT2D eigenvalue weighted by Gasteiger charge is -2.21. The second-order valence-corrected chi connectivity index (χ2v) is 4.13. The van der Waals surface area contributed by atoms with Gasteiger partial charge in [-0.2, -0.15) is 20.4 Å². The zero-order valence-electron chi connectivity index (χ0n) is 9.80. The van der Waals surface area contributed by atoms with Gasteiger partial charge in [0.15, 0.2) is 5.69 Å². The number of nitrogens with one attached hydrogen (secondary N) is 2. The third-order valence-electron chi connectivity index (χ3n) is 2.84. The topological polar surface area (TPSA) is 102 Å². The van der Waals surface area contributed by atoms with E-state index in [4.69, 9.17) is 9.26 Å². The number of hydrogen-bond donors (Lipinski definition) is 2. The van der Waals surface area contributed by atoms with E-state index in [0.29, 0.717) is 24.0 Å². The van der Waals surface area contributed by atoms with Gasteiger partial charge in [-0.1, -0.05) is 5.16 Å². The van der Waals surface area contributed by atoms with Crippen LogP contribution in [0, 0.1) is 0 Å². The summed E-state index contributed by atoms with van der Waals surface area (Å²) in [7, 11) is 0. The molecular formula is C10H14N6O2. The average molecular weight is 250 g/mol. The fourth-order valence-electron chi connectivity index (χ4n) is 1.88. The zero-order chi connectivity index (χ0) is 12.2. The Labute approximate surface area is 103 Å². The molecule has 0 radical (unpaired) electrons. The first kappa shape index (κ1) is 11.3. The summed E-state index contributed by atoms with van der Waals surface area (Å²) in [6.45, 7) is 2.34. The van der Waals surface area contributed by atoms with Crippen molar-refractivity contribution < 1.29 is 9.26 Å². The molecular weight excluding hydrogens is 236 g/mol. The predicted molar refractivity (Wildman–Crippen MR) is 60.4 cm³/mol. The molecule has 1 fully saturated rings. The number of H-pyrrole nitrogens is 1. The maximum absolute atomic E-state index is 5.72. The Morgan fingerprint density at radius 3 is 3.06 bits per heavy atom. The Balaban J connectivity index is 1.57. The molecule has 0 saturated carbocycles. The van der Waals surface area contributed by atoms with Gasteiger partial charge in [-0.3, -0.25) is 0 Å². The quantitative estimate of drug-likeness (QED) is 0.794. The van der Waals surface area contributed by atoms with Crippen LogP contribution in [0.25, 0.3) is 11.5 Å².